The third-order valence-corrected chi connectivity index (χ3v) is 8.47. The second kappa shape index (κ2) is 27.1. The summed E-state index contributed by atoms with van der Waals surface area (Å²) in [4.78, 5) is 95.1. The Morgan fingerprint density at radius 2 is 0.324 bits per heavy atom. The van der Waals surface area contributed by atoms with Crippen molar-refractivity contribution in [1.29, 1.82) is 0 Å². The molecule has 0 amide bonds. The van der Waals surface area contributed by atoms with E-state index in [1.807, 2.05) is 121 Å². The number of aromatic carboxylic acids is 9. The number of carboxylic acid groups (broad SMARTS) is 9. The summed E-state index contributed by atoms with van der Waals surface area (Å²) in [6, 6.07) is 47.1. The van der Waals surface area contributed by atoms with E-state index in [0.717, 1.165) is 77.6 Å². The van der Waals surface area contributed by atoms with E-state index in [9.17, 15) is 43.2 Å². The van der Waals surface area contributed by atoms with E-state index < -0.39 is 53.7 Å². The molecule has 0 aliphatic heterocycles. The first-order valence-corrected chi connectivity index (χ1v) is 19.8. The predicted octanol–water partition coefficient (Wildman–Crippen LogP) is 9.30. The van der Waals surface area contributed by atoms with Crippen LogP contribution in [0.5, 0.6) is 23.0 Å². The maximum Gasteiger partial charge on any atom is 0.335 e. The first kappa shape index (κ1) is 54.7. The summed E-state index contributed by atoms with van der Waals surface area (Å²) < 4.78 is 11.2. The minimum atomic E-state index is -1.37. The van der Waals surface area contributed by atoms with Crippen molar-refractivity contribution in [1.82, 2.24) is 0 Å². The van der Waals surface area contributed by atoms with Crippen LogP contribution in [0.2, 0.25) is 0 Å². The molecule has 0 aliphatic carbocycles. The van der Waals surface area contributed by atoms with Crippen LogP contribution in [0.1, 0.15) is 93.2 Å². The molecule has 0 atom stereocenters. The lowest BCUT2D eigenvalue weighted by Gasteiger charge is -2.03. The molecular weight excluding hydrogens is 933 g/mol. The van der Waals surface area contributed by atoms with E-state index in [-0.39, 0.29) is 50.1 Å². The van der Waals surface area contributed by atoms with Crippen molar-refractivity contribution < 1.29 is 98.6 Å². The van der Waals surface area contributed by atoms with Crippen LogP contribution < -0.4 is 9.47 Å². The van der Waals surface area contributed by atoms with Crippen molar-refractivity contribution in [3.05, 3.63) is 226 Å². The molecule has 20 nitrogen and oxygen atoms in total. The number of carboxylic acids is 9. The van der Waals surface area contributed by atoms with E-state index in [0.29, 0.717) is 0 Å². The quantitative estimate of drug-likeness (QED) is 0.0519. The fourth-order valence-corrected chi connectivity index (χ4v) is 5.22. The Bertz CT molecular complexity index is 2420. The molecule has 0 spiro atoms. The van der Waals surface area contributed by atoms with Crippen LogP contribution in [-0.2, 0) is 0 Å². The molecule has 0 unspecified atom stereocenters. The predicted molar refractivity (Wildman–Crippen MR) is 248 cm³/mol. The first-order chi connectivity index (χ1) is 33.6. The minimum Gasteiger partial charge on any atom is -0.478 e. The van der Waals surface area contributed by atoms with Crippen molar-refractivity contribution >= 4 is 53.7 Å². The van der Waals surface area contributed by atoms with Gasteiger partial charge in [-0.1, -0.05) is 72.8 Å². The molecule has 0 aliphatic rings. The molecule has 0 heterocycles. The van der Waals surface area contributed by atoms with E-state index in [2.05, 4.69) is 0 Å². The summed E-state index contributed by atoms with van der Waals surface area (Å²) in [5.41, 5.74) is -3.31. The Kier molecular flexibility index (Phi) is 20.9. The Balaban J connectivity index is 0.000000235. The Labute approximate surface area is 400 Å². The molecule has 0 aromatic heterocycles. The number of hydrogen-bond donors (Lipinski definition) is 9. The molecule has 7 aromatic carbocycles. The molecule has 71 heavy (non-hydrogen) atoms. The molecule has 362 valence electrons. The van der Waals surface area contributed by atoms with Crippen molar-refractivity contribution in [2.75, 3.05) is 0 Å². The largest absolute Gasteiger partial charge is 0.478 e. The monoisotopic (exact) mass is 970 g/mol. The molecule has 0 saturated heterocycles. The number of rotatable bonds is 13. The molecule has 7 aromatic rings. The van der Waals surface area contributed by atoms with Crippen LogP contribution in [0.4, 0.5) is 0 Å². The van der Waals surface area contributed by atoms with E-state index >= 15 is 0 Å². The zero-order chi connectivity index (χ0) is 52.6. The molecular formula is C51H38O20. The van der Waals surface area contributed by atoms with Gasteiger partial charge in [-0.2, -0.15) is 0 Å². The highest BCUT2D eigenvalue weighted by molar-refractivity contribution is 6.01. The van der Waals surface area contributed by atoms with Gasteiger partial charge in [-0.3, -0.25) is 0 Å². The van der Waals surface area contributed by atoms with E-state index in [1.54, 1.807) is 0 Å². The molecule has 9 N–H and O–H groups in total. The van der Waals surface area contributed by atoms with Crippen LogP contribution in [-0.4, -0.2) is 99.7 Å². The molecule has 0 radical (unpaired) electrons. The highest BCUT2D eigenvalue weighted by Gasteiger charge is 2.17. The fraction of sp³-hybridized carbons (Fsp3) is 0. The second-order valence-electron chi connectivity index (χ2n) is 13.6. The summed E-state index contributed by atoms with van der Waals surface area (Å²) in [6.07, 6.45) is 0. The standard InChI is InChI=1S/2C12H10O.3C9H6O6/c2*1-3-7-11(8-4-1)13-12-9-5-2-6-10-12;3*10-7(11)4-1-5(8(12)13)3-6(2-4)9(14)15/h2*1-10H;3*1-3H,(H,10,11)(H,12,13)(H,14,15). The van der Waals surface area contributed by atoms with Gasteiger partial charge in [-0.15, -0.1) is 0 Å². The highest BCUT2D eigenvalue weighted by atomic mass is 16.5. The van der Waals surface area contributed by atoms with Gasteiger partial charge in [0.05, 0.1) is 50.1 Å². The van der Waals surface area contributed by atoms with E-state index in [4.69, 9.17) is 55.4 Å². The lowest BCUT2D eigenvalue weighted by molar-refractivity contribution is 0.0666. The summed E-state index contributed by atoms with van der Waals surface area (Å²) >= 11 is 0. The maximum atomic E-state index is 10.6. The van der Waals surface area contributed by atoms with Crippen molar-refractivity contribution in [2.24, 2.45) is 0 Å². The van der Waals surface area contributed by atoms with Crippen LogP contribution in [0.25, 0.3) is 0 Å². The number of carbonyl (C=O) groups is 9. The number of para-hydroxylation sites is 4. The summed E-state index contributed by atoms with van der Waals surface area (Å²) in [7, 11) is 0. The van der Waals surface area contributed by atoms with E-state index in [1.165, 1.54) is 0 Å². The maximum absolute atomic E-state index is 10.6. The molecule has 0 saturated carbocycles. The highest BCUT2D eigenvalue weighted by Crippen LogP contribution is 2.21. The number of benzene rings is 7. The van der Waals surface area contributed by atoms with Crippen molar-refractivity contribution in [2.45, 2.75) is 0 Å². The van der Waals surface area contributed by atoms with Gasteiger partial charge >= 0.3 is 53.7 Å². The summed E-state index contributed by atoms with van der Waals surface area (Å²) in [5, 5.41) is 77.5. The lowest BCUT2D eigenvalue weighted by atomic mass is 10.1. The zero-order valence-corrected chi connectivity index (χ0v) is 36.3. The Morgan fingerprint density at radius 1 is 0.211 bits per heavy atom. The second-order valence-corrected chi connectivity index (χ2v) is 13.6. The average molecular weight is 971 g/mol. The van der Waals surface area contributed by atoms with Gasteiger partial charge in [0.25, 0.3) is 0 Å². The SMILES string of the molecule is O=C(O)c1cc(C(=O)O)cc(C(=O)O)c1.O=C(O)c1cc(C(=O)O)cc(C(=O)O)c1.O=C(O)c1cc(C(=O)O)cc(C(=O)O)c1.c1ccc(Oc2ccccc2)cc1.c1ccc(Oc2ccccc2)cc1. The minimum absolute atomic E-state index is 0.368. The molecule has 0 fully saturated rings. The van der Waals surface area contributed by atoms with Gasteiger partial charge in [0.2, 0.25) is 0 Å². The van der Waals surface area contributed by atoms with Crippen LogP contribution in [0.15, 0.2) is 176 Å². The van der Waals surface area contributed by atoms with Gasteiger partial charge in [0.15, 0.2) is 0 Å². The topological polar surface area (TPSA) is 354 Å². The number of hydrogen-bond acceptors (Lipinski definition) is 11. The van der Waals surface area contributed by atoms with Crippen molar-refractivity contribution in [3.63, 3.8) is 0 Å². The molecule has 20 heteroatoms. The Hall–Kier alpha value is -10.6. The van der Waals surface area contributed by atoms with Gasteiger partial charge in [0.1, 0.15) is 23.0 Å². The average Bonchev–Trinajstić information content (AvgIpc) is 3.35. The zero-order valence-electron chi connectivity index (χ0n) is 36.3. The van der Waals surface area contributed by atoms with Crippen LogP contribution in [0, 0.1) is 0 Å². The third-order valence-electron chi connectivity index (χ3n) is 8.47. The molecule has 0 bridgehead atoms. The third kappa shape index (κ3) is 19.0. The van der Waals surface area contributed by atoms with Crippen molar-refractivity contribution in [3.8, 4) is 23.0 Å². The van der Waals surface area contributed by atoms with Crippen LogP contribution >= 0.6 is 0 Å². The molecule has 7 rings (SSSR count). The van der Waals surface area contributed by atoms with Gasteiger partial charge < -0.3 is 55.4 Å². The first-order valence-electron chi connectivity index (χ1n) is 19.8. The fourth-order valence-electron chi connectivity index (χ4n) is 5.22. The lowest BCUT2D eigenvalue weighted by Crippen LogP contribution is -2.07. The van der Waals surface area contributed by atoms with Gasteiger partial charge in [-0.05, 0) is 103 Å². The Morgan fingerprint density at radius 3 is 0.423 bits per heavy atom. The van der Waals surface area contributed by atoms with Crippen LogP contribution in [0.3, 0.4) is 0 Å². The smallest absolute Gasteiger partial charge is 0.335 e. The summed E-state index contributed by atoms with van der Waals surface area (Å²) in [6.45, 7) is 0. The summed E-state index contributed by atoms with van der Waals surface area (Å²) in [5.74, 6) is -8.89. The van der Waals surface area contributed by atoms with Gasteiger partial charge in [-0.25, -0.2) is 43.2 Å². The normalized spacial score (nSPS) is 9.58. The number of ether oxygens (including phenoxy) is 2. The van der Waals surface area contributed by atoms with Gasteiger partial charge in [0, 0.05) is 0 Å².